The molecule has 4 rings (SSSR count). The lowest BCUT2D eigenvalue weighted by Gasteiger charge is -2.17. The number of anilines is 1. The van der Waals surface area contributed by atoms with E-state index in [0.29, 0.717) is 29.4 Å². The van der Waals surface area contributed by atoms with E-state index in [1.165, 1.54) is 0 Å². The van der Waals surface area contributed by atoms with Crippen molar-refractivity contribution in [2.24, 2.45) is 5.92 Å². The zero-order valence-corrected chi connectivity index (χ0v) is 15.6. The van der Waals surface area contributed by atoms with Crippen LogP contribution in [0, 0.1) is 5.92 Å². The highest BCUT2D eigenvalue weighted by Crippen LogP contribution is 2.35. The van der Waals surface area contributed by atoms with Crippen LogP contribution in [0.15, 0.2) is 43.2 Å². The maximum absolute atomic E-state index is 10.6. The van der Waals surface area contributed by atoms with Gasteiger partial charge in [-0.3, -0.25) is 4.57 Å². The fraction of sp³-hybridized carbons (Fsp3) is 0.350. The highest BCUT2D eigenvalue weighted by molar-refractivity contribution is 5.83. The van der Waals surface area contributed by atoms with E-state index >= 15 is 0 Å². The van der Waals surface area contributed by atoms with Crippen molar-refractivity contribution in [3.8, 4) is 0 Å². The van der Waals surface area contributed by atoms with Crippen LogP contribution in [0.4, 0.5) is 5.82 Å². The van der Waals surface area contributed by atoms with Gasteiger partial charge in [0.25, 0.3) is 0 Å². The van der Waals surface area contributed by atoms with E-state index in [-0.39, 0.29) is 12.5 Å². The predicted octanol–water partition coefficient (Wildman–Crippen LogP) is 1.97. The van der Waals surface area contributed by atoms with E-state index in [2.05, 4.69) is 26.8 Å². The minimum absolute atomic E-state index is 0.155. The molecule has 1 aliphatic rings. The van der Waals surface area contributed by atoms with Gasteiger partial charge < -0.3 is 20.3 Å². The highest BCUT2D eigenvalue weighted by Gasteiger charge is 2.42. The highest BCUT2D eigenvalue weighted by atomic mass is 16.5. The molecule has 0 aliphatic carbocycles. The van der Waals surface area contributed by atoms with Gasteiger partial charge in [0.15, 0.2) is 29.0 Å². The summed E-state index contributed by atoms with van der Waals surface area (Å²) in [6.07, 6.45) is 1.26. The third-order valence-electron chi connectivity index (χ3n) is 5.11. The molecule has 8 nitrogen and oxygen atoms in total. The number of aliphatic hydroxyl groups is 2. The summed E-state index contributed by atoms with van der Waals surface area (Å²) >= 11 is 0. The van der Waals surface area contributed by atoms with Crippen molar-refractivity contribution in [2.75, 3.05) is 11.9 Å². The number of fused-ring (bicyclic) bond motifs is 1. The molecular formula is C20H23N5O3. The number of aromatic nitrogens is 4. The Balaban J connectivity index is 1.70. The van der Waals surface area contributed by atoms with Crippen LogP contribution in [0.1, 0.15) is 24.5 Å². The molecule has 1 aromatic carbocycles. The Labute approximate surface area is 162 Å². The zero-order chi connectivity index (χ0) is 19.7. The van der Waals surface area contributed by atoms with Crippen molar-refractivity contribution in [1.82, 2.24) is 19.5 Å². The van der Waals surface area contributed by atoms with Gasteiger partial charge in [0, 0.05) is 12.5 Å². The number of imidazole rings is 1. The third-order valence-corrected chi connectivity index (χ3v) is 5.11. The van der Waals surface area contributed by atoms with Gasteiger partial charge in [-0.25, -0.2) is 15.0 Å². The first-order valence-corrected chi connectivity index (χ1v) is 9.21. The van der Waals surface area contributed by atoms with Crippen molar-refractivity contribution in [2.45, 2.75) is 31.9 Å². The molecule has 146 valence electrons. The molecule has 3 aromatic rings. The second-order valence-corrected chi connectivity index (χ2v) is 6.90. The molecule has 1 saturated heterocycles. The largest absolute Gasteiger partial charge is 0.394 e. The smallest absolute Gasteiger partial charge is 0.168 e. The third kappa shape index (κ3) is 3.26. The lowest BCUT2D eigenvalue weighted by atomic mass is 10.0. The van der Waals surface area contributed by atoms with E-state index in [9.17, 15) is 10.2 Å². The fourth-order valence-corrected chi connectivity index (χ4v) is 3.42. The van der Waals surface area contributed by atoms with Gasteiger partial charge >= 0.3 is 0 Å². The molecule has 0 bridgehead atoms. The Kier molecular flexibility index (Phi) is 5.08. The molecule has 1 fully saturated rings. The first kappa shape index (κ1) is 18.5. The summed E-state index contributed by atoms with van der Waals surface area (Å²) in [7, 11) is 0. The van der Waals surface area contributed by atoms with Crippen molar-refractivity contribution in [3.63, 3.8) is 0 Å². The van der Waals surface area contributed by atoms with Gasteiger partial charge in [-0.2, -0.15) is 0 Å². The number of aliphatic hydroxyl groups excluding tert-OH is 2. The molecule has 28 heavy (non-hydrogen) atoms. The molecule has 0 radical (unpaired) electrons. The van der Waals surface area contributed by atoms with Crippen molar-refractivity contribution < 1.29 is 14.9 Å². The molecule has 0 unspecified atom stereocenters. The second-order valence-electron chi connectivity index (χ2n) is 6.90. The summed E-state index contributed by atoms with van der Waals surface area (Å²) in [5.74, 6) is 0.828. The van der Waals surface area contributed by atoms with Gasteiger partial charge in [0.1, 0.15) is 6.10 Å². The number of benzene rings is 1. The van der Waals surface area contributed by atoms with Gasteiger partial charge in [0.05, 0.1) is 19.0 Å². The molecule has 4 atom stereocenters. The molecule has 0 spiro atoms. The van der Waals surface area contributed by atoms with Crippen LogP contribution < -0.4 is 5.32 Å². The number of hydrogen-bond donors (Lipinski definition) is 3. The average molecular weight is 381 g/mol. The Morgan fingerprint density at radius 1 is 1.29 bits per heavy atom. The summed E-state index contributed by atoms with van der Waals surface area (Å²) in [6, 6.07) is 9.98. The van der Waals surface area contributed by atoms with Crippen LogP contribution in [0.3, 0.4) is 0 Å². The fourth-order valence-electron chi connectivity index (χ4n) is 3.42. The number of ether oxygens (including phenoxy) is 1. The summed E-state index contributed by atoms with van der Waals surface area (Å²) in [5.41, 5.74) is 2.23. The lowest BCUT2D eigenvalue weighted by molar-refractivity contribution is -0.0491. The van der Waals surface area contributed by atoms with E-state index < -0.39 is 18.4 Å². The van der Waals surface area contributed by atoms with Gasteiger partial charge in [-0.15, -0.1) is 0 Å². The molecular weight excluding hydrogens is 358 g/mol. The first-order valence-electron chi connectivity index (χ1n) is 9.21. The standard InChI is InChI=1S/C20H23N5O3/c1-3-15-23-18(21-9-13-7-5-4-6-8-13)16-19(24-15)25(11-22-16)20-17(27)12(2)14(10-26)28-20/h3-8,11-12,14,17,20,26-27H,1,9-10H2,2H3,(H,21,23,24)/t12-,14-,17-,20-/m1/s1. The topological polar surface area (TPSA) is 105 Å². The van der Waals surface area contributed by atoms with E-state index in [1.807, 2.05) is 37.3 Å². The lowest BCUT2D eigenvalue weighted by Crippen LogP contribution is -2.25. The van der Waals surface area contributed by atoms with Crippen LogP contribution in [-0.4, -0.2) is 48.5 Å². The molecule has 2 aromatic heterocycles. The van der Waals surface area contributed by atoms with Gasteiger partial charge in [0.2, 0.25) is 0 Å². The Hall–Kier alpha value is -2.81. The zero-order valence-electron chi connectivity index (χ0n) is 15.6. The summed E-state index contributed by atoms with van der Waals surface area (Å²) in [4.78, 5) is 13.4. The second kappa shape index (κ2) is 7.67. The van der Waals surface area contributed by atoms with Crippen LogP contribution in [0.5, 0.6) is 0 Å². The molecule has 3 heterocycles. The monoisotopic (exact) mass is 381 g/mol. The normalized spacial score (nSPS) is 24.5. The van der Waals surface area contributed by atoms with E-state index in [4.69, 9.17) is 4.74 Å². The van der Waals surface area contributed by atoms with Crippen molar-refractivity contribution in [3.05, 3.63) is 54.6 Å². The first-order chi connectivity index (χ1) is 13.6. The number of nitrogens with zero attached hydrogens (tertiary/aromatic N) is 4. The SMILES string of the molecule is C=Cc1nc(NCc2ccccc2)c2ncn([C@@H]3O[C@H](CO)[C@@H](C)[C@H]3O)c2n1. The molecule has 0 amide bonds. The van der Waals surface area contributed by atoms with Gasteiger partial charge in [-0.05, 0) is 11.6 Å². The molecule has 1 aliphatic heterocycles. The van der Waals surface area contributed by atoms with Crippen LogP contribution >= 0.6 is 0 Å². The van der Waals surface area contributed by atoms with E-state index in [1.54, 1.807) is 17.0 Å². The summed E-state index contributed by atoms with van der Waals surface area (Å²) in [5, 5.41) is 23.4. The number of rotatable bonds is 6. The van der Waals surface area contributed by atoms with E-state index in [0.717, 1.165) is 5.56 Å². The molecule has 8 heteroatoms. The Morgan fingerprint density at radius 2 is 2.07 bits per heavy atom. The maximum Gasteiger partial charge on any atom is 0.168 e. The van der Waals surface area contributed by atoms with Crippen LogP contribution in [-0.2, 0) is 11.3 Å². The Morgan fingerprint density at radius 3 is 2.75 bits per heavy atom. The van der Waals surface area contributed by atoms with Gasteiger partial charge in [-0.1, -0.05) is 43.8 Å². The number of nitrogens with one attached hydrogen (secondary N) is 1. The van der Waals surface area contributed by atoms with Crippen molar-refractivity contribution >= 4 is 23.1 Å². The average Bonchev–Trinajstić information content (AvgIpc) is 3.28. The minimum atomic E-state index is -0.780. The van der Waals surface area contributed by atoms with Crippen LogP contribution in [0.25, 0.3) is 17.2 Å². The minimum Gasteiger partial charge on any atom is -0.394 e. The Bertz CT molecular complexity index is 975. The number of hydrogen-bond acceptors (Lipinski definition) is 7. The van der Waals surface area contributed by atoms with Crippen molar-refractivity contribution in [1.29, 1.82) is 0 Å². The molecule has 3 N–H and O–H groups in total. The maximum atomic E-state index is 10.6. The quantitative estimate of drug-likeness (QED) is 0.599. The van der Waals surface area contributed by atoms with Crippen LogP contribution in [0.2, 0.25) is 0 Å². The summed E-state index contributed by atoms with van der Waals surface area (Å²) < 4.78 is 7.54. The summed E-state index contributed by atoms with van der Waals surface area (Å²) in [6.45, 7) is 6.05. The molecule has 0 saturated carbocycles. The predicted molar refractivity (Wildman–Crippen MR) is 105 cm³/mol.